The van der Waals surface area contributed by atoms with E-state index >= 15 is 0 Å². The third kappa shape index (κ3) is 5.59. The van der Waals surface area contributed by atoms with Crippen molar-refractivity contribution in [1.82, 2.24) is 9.39 Å². The molecule has 0 spiro atoms. The van der Waals surface area contributed by atoms with Crippen LogP contribution < -0.4 is 10.1 Å². The lowest BCUT2D eigenvalue weighted by atomic mass is 10.0. The molecule has 0 radical (unpaired) electrons. The molecular weight excluding hydrogens is 407 g/mol. The van der Waals surface area contributed by atoms with Gasteiger partial charge in [-0.1, -0.05) is 18.2 Å². The quantitative estimate of drug-likeness (QED) is 0.333. The number of carboxylic acid groups (broad SMARTS) is 1. The standard InChI is InChI=1S/C17H27N2O5PS2/c1-6-22-25(26,23-7-2)19(5)27-15(18-16(20)21)13-10-8-9-12-11-17(3,4)24-14(12)13/h8-10,15,18H,6-7,11H2,1-5H3,(H,20,21). The normalized spacial score (nSPS) is 16.7. The second-order valence-electron chi connectivity index (χ2n) is 6.58. The number of benzene rings is 1. The van der Waals surface area contributed by atoms with Gasteiger partial charge in [0.15, 0.2) is 0 Å². The van der Waals surface area contributed by atoms with Crippen LogP contribution in [0.3, 0.4) is 0 Å². The molecule has 27 heavy (non-hydrogen) atoms. The van der Waals surface area contributed by atoms with E-state index in [4.69, 9.17) is 25.6 Å². The first kappa shape index (κ1) is 22.5. The first-order valence-corrected chi connectivity index (χ1v) is 12.1. The molecule has 10 heteroatoms. The van der Waals surface area contributed by atoms with Crippen LogP contribution in [0, 0.1) is 0 Å². The molecule has 2 rings (SSSR count). The minimum Gasteiger partial charge on any atom is -0.487 e. The highest BCUT2D eigenvalue weighted by Crippen LogP contribution is 2.57. The smallest absolute Gasteiger partial charge is 0.405 e. The molecule has 0 saturated carbocycles. The first-order valence-electron chi connectivity index (χ1n) is 8.72. The molecule has 152 valence electrons. The van der Waals surface area contributed by atoms with Gasteiger partial charge in [0.1, 0.15) is 16.7 Å². The van der Waals surface area contributed by atoms with E-state index in [9.17, 15) is 9.90 Å². The summed E-state index contributed by atoms with van der Waals surface area (Å²) in [5, 5.41) is 11.3. The zero-order valence-corrected chi connectivity index (χ0v) is 18.7. The van der Waals surface area contributed by atoms with Gasteiger partial charge in [-0.2, -0.15) is 4.08 Å². The van der Waals surface area contributed by atoms with E-state index in [1.54, 1.807) is 11.1 Å². The van der Waals surface area contributed by atoms with E-state index in [2.05, 4.69) is 5.32 Å². The SMILES string of the molecule is CCOP(=S)(OCC)N(C)SC(NC(=O)O)c1cccc2c1OC(C)(C)C2. The van der Waals surface area contributed by atoms with Gasteiger partial charge in [-0.15, -0.1) is 0 Å². The number of nitrogens with zero attached hydrogens (tertiary/aromatic N) is 1. The van der Waals surface area contributed by atoms with E-state index in [0.29, 0.717) is 13.2 Å². The molecule has 1 heterocycles. The molecule has 0 aliphatic carbocycles. The molecule has 7 nitrogen and oxygen atoms in total. The number of rotatable bonds is 9. The predicted octanol–water partition coefficient (Wildman–Crippen LogP) is 4.54. The second kappa shape index (κ2) is 9.11. The third-order valence-electron chi connectivity index (χ3n) is 3.85. The molecular formula is C17H27N2O5PS2. The van der Waals surface area contributed by atoms with Gasteiger partial charge in [-0.25, -0.2) is 4.79 Å². The highest BCUT2D eigenvalue weighted by atomic mass is 32.5. The number of hydrogen-bond donors (Lipinski definition) is 2. The number of para-hydroxylation sites is 1. The van der Waals surface area contributed by atoms with Crippen LogP contribution in [-0.2, 0) is 27.3 Å². The van der Waals surface area contributed by atoms with E-state index in [0.717, 1.165) is 23.3 Å². The zero-order chi connectivity index (χ0) is 20.2. The molecule has 0 saturated heterocycles. The molecule has 2 N–H and O–H groups in total. The molecule has 1 amide bonds. The minimum absolute atomic E-state index is 0.325. The van der Waals surface area contributed by atoms with Crippen LogP contribution in [0.25, 0.3) is 0 Å². The molecule has 0 fully saturated rings. The summed E-state index contributed by atoms with van der Waals surface area (Å²) in [5.74, 6) is 0.725. The van der Waals surface area contributed by atoms with E-state index in [1.165, 1.54) is 11.9 Å². The summed E-state index contributed by atoms with van der Waals surface area (Å²) in [6.07, 6.45) is -0.358. The average molecular weight is 435 g/mol. The number of nitrogens with one attached hydrogen (secondary N) is 1. The number of hydrogen-bond acceptors (Lipinski definition) is 6. The van der Waals surface area contributed by atoms with E-state index < -0.39 is 18.1 Å². The Labute approximate surface area is 170 Å². The molecule has 1 atom stereocenters. The van der Waals surface area contributed by atoms with Crippen molar-refractivity contribution in [3.63, 3.8) is 0 Å². The lowest BCUT2D eigenvalue weighted by Crippen LogP contribution is -2.28. The van der Waals surface area contributed by atoms with Crippen molar-refractivity contribution in [3.8, 4) is 5.75 Å². The minimum atomic E-state index is -2.72. The summed E-state index contributed by atoms with van der Waals surface area (Å²) in [4.78, 5) is 11.4. The Morgan fingerprint density at radius 1 is 1.44 bits per heavy atom. The molecule has 1 aliphatic heterocycles. The third-order valence-corrected chi connectivity index (χ3v) is 9.20. The van der Waals surface area contributed by atoms with Crippen LogP contribution in [0.2, 0.25) is 0 Å². The highest BCUT2D eigenvalue weighted by Gasteiger charge is 2.36. The van der Waals surface area contributed by atoms with Gasteiger partial charge in [0.2, 0.25) is 0 Å². The predicted molar refractivity (Wildman–Crippen MR) is 112 cm³/mol. The molecule has 1 aromatic carbocycles. The topological polar surface area (TPSA) is 80.3 Å². The lowest BCUT2D eigenvalue weighted by molar-refractivity contribution is 0.137. The van der Waals surface area contributed by atoms with Gasteiger partial charge in [0, 0.05) is 19.0 Å². The van der Waals surface area contributed by atoms with Gasteiger partial charge in [-0.05, 0) is 57.0 Å². The molecule has 1 unspecified atom stereocenters. The van der Waals surface area contributed by atoms with Gasteiger partial charge in [0.25, 0.3) is 6.64 Å². The fourth-order valence-corrected chi connectivity index (χ4v) is 6.67. The van der Waals surface area contributed by atoms with Crippen LogP contribution in [0.15, 0.2) is 18.2 Å². The van der Waals surface area contributed by atoms with E-state index in [1.807, 2.05) is 45.9 Å². The average Bonchev–Trinajstić information content (AvgIpc) is 2.87. The van der Waals surface area contributed by atoms with Crippen molar-refractivity contribution in [1.29, 1.82) is 0 Å². The largest absolute Gasteiger partial charge is 0.487 e. The van der Waals surface area contributed by atoms with Crippen molar-refractivity contribution >= 4 is 36.5 Å². The second-order valence-corrected chi connectivity index (χ2v) is 11.5. The molecule has 1 aliphatic rings. The first-order chi connectivity index (χ1) is 12.6. The van der Waals surface area contributed by atoms with Crippen molar-refractivity contribution in [2.24, 2.45) is 0 Å². The van der Waals surface area contributed by atoms with E-state index in [-0.39, 0.29) is 5.60 Å². The summed E-state index contributed by atoms with van der Waals surface area (Å²) < 4.78 is 19.2. The summed E-state index contributed by atoms with van der Waals surface area (Å²) >= 11 is 6.84. The highest BCUT2D eigenvalue weighted by molar-refractivity contribution is 8.15. The van der Waals surface area contributed by atoms with Gasteiger partial charge < -0.3 is 24.2 Å². The van der Waals surface area contributed by atoms with Gasteiger partial charge in [0.05, 0.1) is 13.2 Å². The number of carbonyl (C=O) groups is 1. The Hall–Kier alpha value is -0.830. The Balaban J connectivity index is 2.34. The van der Waals surface area contributed by atoms with Crippen molar-refractivity contribution in [2.75, 3.05) is 20.3 Å². The fourth-order valence-electron chi connectivity index (χ4n) is 2.86. The Bertz CT molecular complexity index is 721. The Morgan fingerprint density at radius 3 is 2.63 bits per heavy atom. The molecule has 0 aromatic heterocycles. The maximum absolute atomic E-state index is 11.4. The van der Waals surface area contributed by atoms with Crippen molar-refractivity contribution in [3.05, 3.63) is 29.3 Å². The Kier molecular flexibility index (Phi) is 7.58. The van der Waals surface area contributed by atoms with Crippen LogP contribution >= 0.6 is 18.6 Å². The summed E-state index contributed by atoms with van der Waals surface area (Å²) in [6.45, 7) is 5.84. The summed E-state index contributed by atoms with van der Waals surface area (Å²) in [5.41, 5.74) is 1.49. The molecule has 1 aromatic rings. The summed E-state index contributed by atoms with van der Waals surface area (Å²) in [7, 11) is 1.77. The maximum atomic E-state index is 11.4. The fraction of sp³-hybridized carbons (Fsp3) is 0.588. The lowest BCUT2D eigenvalue weighted by Gasteiger charge is -2.32. The van der Waals surface area contributed by atoms with Gasteiger partial charge in [-0.3, -0.25) is 0 Å². The van der Waals surface area contributed by atoms with Crippen molar-refractivity contribution in [2.45, 2.75) is 45.1 Å². The van der Waals surface area contributed by atoms with Crippen molar-refractivity contribution < 1.29 is 23.7 Å². The van der Waals surface area contributed by atoms with Crippen LogP contribution in [-0.4, -0.2) is 41.1 Å². The number of amides is 1. The molecule has 0 bridgehead atoms. The zero-order valence-electron chi connectivity index (χ0n) is 16.2. The maximum Gasteiger partial charge on any atom is 0.405 e. The number of ether oxygens (including phenoxy) is 1. The van der Waals surface area contributed by atoms with Crippen LogP contribution in [0.5, 0.6) is 5.75 Å². The summed E-state index contributed by atoms with van der Waals surface area (Å²) in [6, 6.07) is 5.79. The van der Waals surface area contributed by atoms with Gasteiger partial charge >= 0.3 is 6.09 Å². The van der Waals surface area contributed by atoms with Crippen LogP contribution in [0.4, 0.5) is 4.79 Å². The Morgan fingerprint density at radius 2 is 2.07 bits per heavy atom. The van der Waals surface area contributed by atoms with Crippen LogP contribution in [0.1, 0.15) is 44.2 Å². The monoisotopic (exact) mass is 434 g/mol. The number of fused-ring (bicyclic) bond motifs is 1.